The van der Waals surface area contributed by atoms with Crippen LogP contribution in [0.1, 0.15) is 33.4 Å². The average molecular weight is 1080 g/mol. The molecule has 0 aliphatic carbocycles. The third-order valence-electron chi connectivity index (χ3n) is 15.0. The number of hydrogen-bond acceptors (Lipinski definition) is 5. The smallest absolute Gasteiger partial charge is 0.309 e. The molecule has 0 bridgehead atoms. The van der Waals surface area contributed by atoms with Gasteiger partial charge in [-0.15, -0.1) is 0 Å². The Morgan fingerprint density at radius 3 is 1.20 bits per heavy atom. The van der Waals surface area contributed by atoms with Crippen LogP contribution in [0.25, 0.3) is 130 Å². The molecule has 0 amide bonds. The first-order valence-corrected chi connectivity index (χ1v) is 25.4. The van der Waals surface area contributed by atoms with E-state index in [4.69, 9.17) is 26.3 Å². The Morgan fingerprint density at radius 1 is 0.345 bits per heavy atom. The molecule has 0 fully saturated rings. The summed E-state index contributed by atoms with van der Waals surface area (Å²) in [6.07, 6.45) is -5.11. The van der Waals surface area contributed by atoms with Crippen molar-refractivity contribution in [3.8, 4) is 97.4 Å². The Kier molecular flexibility index (Phi) is 12.5. The second-order valence-electron chi connectivity index (χ2n) is 19.5. The van der Waals surface area contributed by atoms with Crippen molar-refractivity contribution in [2.24, 2.45) is 0 Å². The summed E-state index contributed by atoms with van der Waals surface area (Å²) in [4.78, 5) is 14.5. The molecule has 12 rings (SSSR count). The van der Waals surface area contributed by atoms with Gasteiger partial charge in [0.1, 0.15) is 5.56 Å². The topological polar surface area (TPSA) is 146 Å². The molecule has 386 valence electrons. The fourth-order valence-electron chi connectivity index (χ4n) is 11.2. The Morgan fingerprint density at radius 2 is 0.750 bits per heavy atom. The van der Waals surface area contributed by atoms with Gasteiger partial charge in [-0.3, -0.25) is 0 Å². The predicted molar refractivity (Wildman–Crippen MR) is 316 cm³/mol. The van der Waals surface area contributed by atoms with E-state index in [1.807, 2.05) is 0 Å². The molecule has 0 N–H and O–H groups in total. The van der Waals surface area contributed by atoms with E-state index in [1.54, 1.807) is 155 Å². The van der Waals surface area contributed by atoms with E-state index >= 15 is 13.2 Å². The Labute approximate surface area is 477 Å². The zero-order valence-electron chi connectivity index (χ0n) is 43.4. The first-order valence-electron chi connectivity index (χ1n) is 25.4. The van der Waals surface area contributed by atoms with Crippen LogP contribution in [0.5, 0.6) is 0 Å². The normalized spacial score (nSPS) is 10.9. The molecule has 0 aliphatic rings. The Hall–Kier alpha value is -13.0. The van der Waals surface area contributed by atoms with Gasteiger partial charge in [-0.2, -0.15) is 39.5 Å². The van der Waals surface area contributed by atoms with Gasteiger partial charge in [0.15, 0.2) is 22.7 Å². The van der Waals surface area contributed by atoms with Crippen molar-refractivity contribution in [3.63, 3.8) is 0 Å². The van der Waals surface area contributed by atoms with Crippen molar-refractivity contribution in [2.45, 2.75) is 6.18 Å². The van der Waals surface area contributed by atoms with Crippen molar-refractivity contribution in [1.82, 2.24) is 9.13 Å². The van der Waals surface area contributed by atoms with E-state index in [0.717, 1.165) is 0 Å². The van der Waals surface area contributed by atoms with Crippen LogP contribution in [-0.4, -0.2) is 9.13 Å². The summed E-state index contributed by atoms with van der Waals surface area (Å²) < 4.78 is 54.7. The van der Waals surface area contributed by atoms with Crippen LogP contribution in [0.4, 0.5) is 35.9 Å². The second-order valence-corrected chi connectivity index (χ2v) is 19.5. The van der Waals surface area contributed by atoms with Gasteiger partial charge in [0.25, 0.3) is 0 Å². The van der Waals surface area contributed by atoms with E-state index in [1.165, 1.54) is 36.4 Å². The lowest BCUT2D eigenvalue weighted by Crippen LogP contribution is -2.16. The molecule has 0 aliphatic heterocycles. The van der Waals surface area contributed by atoms with Crippen LogP contribution in [0, 0.1) is 82.9 Å². The number of halogens is 3. The number of nitriles is 5. The number of benzene rings is 10. The Balaban J connectivity index is 1.22. The highest BCUT2D eigenvalue weighted by atomic mass is 19.4. The number of alkyl halides is 3. The Bertz CT molecular complexity index is 4760. The molecule has 11 nitrogen and oxygen atoms in total. The predicted octanol–water partition coefficient (Wildman–Crippen LogP) is 18.8. The van der Waals surface area contributed by atoms with Crippen LogP contribution < -0.4 is 0 Å². The minimum absolute atomic E-state index is 0.184. The van der Waals surface area contributed by atoms with Crippen LogP contribution in [0.15, 0.2) is 182 Å². The van der Waals surface area contributed by atoms with Gasteiger partial charge in [-0.05, 0) is 159 Å². The molecule has 84 heavy (non-hydrogen) atoms. The van der Waals surface area contributed by atoms with Crippen molar-refractivity contribution in [2.75, 3.05) is 0 Å². The number of rotatable bonds is 7. The maximum Gasteiger partial charge on any atom is 0.420 e. The molecule has 0 radical (unpaired) electrons. The zero-order valence-corrected chi connectivity index (χ0v) is 43.4. The first kappa shape index (κ1) is 51.7. The van der Waals surface area contributed by atoms with Crippen molar-refractivity contribution in [1.29, 1.82) is 26.3 Å². The summed E-state index contributed by atoms with van der Waals surface area (Å²) in [6.45, 7) is 31.3. The van der Waals surface area contributed by atoms with Crippen LogP contribution >= 0.6 is 0 Å². The average Bonchev–Trinajstić information content (AvgIpc) is 2.39. The van der Waals surface area contributed by atoms with Gasteiger partial charge in [0.2, 0.25) is 0 Å². The fourth-order valence-corrected chi connectivity index (χ4v) is 11.2. The molecule has 0 saturated carbocycles. The summed E-state index contributed by atoms with van der Waals surface area (Å²) in [5.41, 5.74) is 6.60. The summed E-state index contributed by atoms with van der Waals surface area (Å²) in [5, 5.41) is 52.1. The molecule has 2 heterocycles. The molecular formula is C70H30F3N11. The van der Waals surface area contributed by atoms with Crippen molar-refractivity contribution >= 4 is 66.4 Å². The van der Waals surface area contributed by atoms with Gasteiger partial charge in [0, 0.05) is 32.7 Å². The third kappa shape index (κ3) is 8.57. The quantitative estimate of drug-likeness (QED) is 0.146. The first-order chi connectivity index (χ1) is 40.8. The zero-order chi connectivity index (χ0) is 58.6. The minimum atomic E-state index is -5.11. The van der Waals surface area contributed by atoms with E-state index < -0.39 is 11.7 Å². The van der Waals surface area contributed by atoms with Gasteiger partial charge in [0.05, 0.1) is 107 Å². The largest absolute Gasteiger partial charge is 0.420 e. The van der Waals surface area contributed by atoms with E-state index in [-0.39, 0.29) is 61.9 Å². The van der Waals surface area contributed by atoms with Gasteiger partial charge in [-0.1, -0.05) is 78.9 Å². The summed E-state index contributed by atoms with van der Waals surface area (Å²) in [6, 6.07) is 59.7. The van der Waals surface area contributed by atoms with Crippen LogP contribution in [0.3, 0.4) is 0 Å². The van der Waals surface area contributed by atoms with Gasteiger partial charge in [-0.25, -0.2) is 19.4 Å². The molecule has 10 aromatic carbocycles. The number of hydrogen-bond donors (Lipinski definition) is 0. The maximum atomic E-state index is 17.2. The molecule has 0 unspecified atom stereocenters. The van der Waals surface area contributed by atoms with Crippen LogP contribution in [-0.2, 0) is 6.18 Å². The molecule has 12 aromatic rings. The number of aromatic nitrogens is 2. The van der Waals surface area contributed by atoms with Gasteiger partial charge < -0.3 is 9.13 Å². The summed E-state index contributed by atoms with van der Waals surface area (Å²) >= 11 is 0. The van der Waals surface area contributed by atoms with E-state index in [9.17, 15) is 26.3 Å². The summed E-state index contributed by atoms with van der Waals surface area (Å²) in [5.74, 6) is 0. The lowest BCUT2D eigenvalue weighted by atomic mass is 9.96. The molecule has 0 atom stereocenters. The SMILES string of the molecule is [C-]#[N+]c1ccc(-c2ccc3c(c2)c2cc(-c4ccc([N+]#[C-])cc4[N+]#[C-])ccc2n3-c2cc(-c3cccc(C#N)c3)cc(-n3c4ccc(-c5ccc(C#N)cc5C#N)cc4c4cc(-c5ccc(C#N)cc5[N+]#[C-])ccc43)c2C(F)(F)F)c(C#N)c1. The van der Waals surface area contributed by atoms with Gasteiger partial charge >= 0.3 is 6.18 Å². The number of fused-ring (bicyclic) bond motifs is 6. The molecule has 0 saturated heterocycles. The second kappa shape index (κ2) is 20.3. The monoisotopic (exact) mass is 1080 g/mol. The molecule has 14 heteroatoms. The standard InChI is InChI=1S/C70H30F3N11/c1-79-51-14-18-54(50(27-51)39-78)45-11-21-64-58(29-45)60-31-47(56-19-15-52(80-2)34-62(56)82-4)13-23-66(60)84(64)68-33-48(43-7-5-6-40(24-43)35-74)32-67(69(68)70(71,72)73)83-63-20-10-44(53-16-8-41(36-75)25-49(53)38-77)28-57(63)59-30-46(12-22-65(59)83)55-17-9-42(37-76)26-61(55)81-3/h5-34H. The van der Waals surface area contributed by atoms with Crippen molar-refractivity contribution in [3.05, 3.63) is 261 Å². The molecule has 2 aromatic heterocycles. The van der Waals surface area contributed by atoms with E-state index in [0.29, 0.717) is 99.2 Å². The highest BCUT2D eigenvalue weighted by Crippen LogP contribution is 2.49. The number of nitrogens with zero attached hydrogens (tertiary/aromatic N) is 11. The molecule has 0 spiro atoms. The highest BCUT2D eigenvalue weighted by Gasteiger charge is 2.40. The summed E-state index contributed by atoms with van der Waals surface area (Å²) in [7, 11) is 0. The lowest BCUT2D eigenvalue weighted by molar-refractivity contribution is -0.137. The minimum Gasteiger partial charge on any atom is -0.309 e. The maximum absolute atomic E-state index is 17.2. The highest BCUT2D eigenvalue weighted by molar-refractivity contribution is 6.14. The third-order valence-corrected chi connectivity index (χ3v) is 15.0. The van der Waals surface area contributed by atoms with E-state index in [2.05, 4.69) is 49.7 Å². The lowest BCUT2D eigenvalue weighted by Gasteiger charge is -2.23. The molecular weight excluding hydrogens is 1050 g/mol. The van der Waals surface area contributed by atoms with Crippen LogP contribution in [0.2, 0.25) is 0 Å². The van der Waals surface area contributed by atoms with Crippen molar-refractivity contribution < 1.29 is 13.2 Å². The fraction of sp³-hybridized carbons (Fsp3) is 0.0143.